The van der Waals surface area contributed by atoms with E-state index >= 15 is 0 Å². The maximum atomic E-state index is 14.0. The molecule has 0 spiro atoms. The molecule has 47 heteroatoms. The van der Waals surface area contributed by atoms with Crippen LogP contribution in [0.4, 0.5) is 0 Å². The van der Waals surface area contributed by atoms with Crippen molar-refractivity contribution in [3.8, 4) is 5.75 Å². The van der Waals surface area contributed by atoms with Gasteiger partial charge in [0.2, 0.25) is 29.5 Å². The maximum absolute atomic E-state index is 14.0. The smallest absolute Gasteiger partial charge is 0.436 e. The molecule has 0 aliphatic carbocycles. The van der Waals surface area contributed by atoms with Crippen LogP contribution in [0.3, 0.4) is 0 Å². The Hall–Kier alpha value is -8.04. The Morgan fingerprint density at radius 3 is 0.959 bits per heavy atom. The van der Waals surface area contributed by atoms with Crippen LogP contribution in [0.5, 0.6) is 5.75 Å². The molecule has 1 unspecified atom stereocenters. The van der Waals surface area contributed by atoms with E-state index in [9.17, 15) is 76.6 Å². The summed E-state index contributed by atoms with van der Waals surface area (Å²) in [4.78, 5) is 182. The molecule has 1 aromatic carbocycles. The number of carbonyl (C=O) groups excluding carboxylic acids is 14. The lowest BCUT2D eigenvalue weighted by atomic mass is 10.0. The van der Waals surface area contributed by atoms with Gasteiger partial charge in [-0.1, -0.05) is 12.1 Å². The van der Waals surface area contributed by atoms with Crippen LogP contribution in [0.1, 0.15) is 113 Å². The number of esters is 9. The first-order valence-electron chi connectivity index (χ1n) is 39.6. The van der Waals surface area contributed by atoms with Gasteiger partial charge in [0.1, 0.15) is 67.7 Å². The Balaban J connectivity index is 1.38. The topological polar surface area (TPSA) is 558 Å². The SMILES string of the molecule is CC(=O)OC[C@H]1O[C@@H](OCCOCCNC(=O)CCOCC(COCCC(=O)NCCOCCO[C@H]2C[C@@H](OC(C)=O)[C@@H](OC(C)=O)[C@@H](COC(C)=O)O2)(COCCC(=O)NCCOCCO[C@H]2C[C@@H](OC(C)=O)[C@@H](OC(C)=O)[C@@H](COC(C)=O)O2)NC(=O)CCOCCOCCNC(=O)Cc2ccc(OP(=O)(O)I)cc2)C[C@@H](OC(C)=O)[C@H]1OC(C)=O. The van der Waals surface area contributed by atoms with Gasteiger partial charge in [-0.15, -0.1) is 0 Å². The van der Waals surface area contributed by atoms with E-state index in [4.69, 9.17) is 113 Å². The van der Waals surface area contributed by atoms with E-state index < -0.39 is 162 Å². The number of halogens is 1. The Morgan fingerprint density at radius 1 is 0.374 bits per heavy atom. The summed E-state index contributed by atoms with van der Waals surface area (Å²) in [6.07, 6.45) is -13.3. The molecule has 4 rings (SSSR count). The summed E-state index contributed by atoms with van der Waals surface area (Å²) in [6, 6.07) is 6.11. The van der Waals surface area contributed by atoms with Crippen LogP contribution < -0.4 is 31.1 Å². The second kappa shape index (κ2) is 60.6. The summed E-state index contributed by atoms with van der Waals surface area (Å²) in [5.74, 6) is -8.04. The number of hydrogen-bond donors (Lipinski definition) is 6. The van der Waals surface area contributed by atoms with Gasteiger partial charge in [-0.05, 0) is 17.7 Å². The Kier molecular flexibility index (Phi) is 52.8. The fraction of sp³-hybridized carbons (Fsp3) is 0.737. The van der Waals surface area contributed by atoms with Crippen molar-refractivity contribution in [2.24, 2.45) is 0 Å². The minimum atomic E-state index is -3.79. The highest BCUT2D eigenvalue weighted by atomic mass is 127. The van der Waals surface area contributed by atoms with Gasteiger partial charge < -0.3 is 145 Å². The molecule has 3 heterocycles. The molecular formula is C76H117IN5O40P. The van der Waals surface area contributed by atoms with Gasteiger partial charge in [0.25, 0.3) is 0 Å². The number of carbonyl (C=O) groups is 14. The van der Waals surface area contributed by atoms with Gasteiger partial charge in [0.15, 0.2) is 37.2 Å². The van der Waals surface area contributed by atoms with E-state index in [0.29, 0.717) is 5.56 Å². The van der Waals surface area contributed by atoms with E-state index in [1.807, 2.05) is 0 Å². The van der Waals surface area contributed by atoms with Crippen molar-refractivity contribution in [1.82, 2.24) is 26.6 Å². The van der Waals surface area contributed by atoms with Gasteiger partial charge >= 0.3 is 59.0 Å². The van der Waals surface area contributed by atoms with Crippen LogP contribution in [0.15, 0.2) is 24.3 Å². The summed E-state index contributed by atoms with van der Waals surface area (Å²) in [6.45, 7) is 8.23. The van der Waals surface area contributed by atoms with Crippen molar-refractivity contribution in [2.45, 2.75) is 193 Å². The first-order valence-corrected chi connectivity index (χ1v) is 44.0. The minimum Gasteiger partial charge on any atom is -0.463 e. The number of rotatable bonds is 62. The summed E-state index contributed by atoms with van der Waals surface area (Å²) >= 11 is 1.29. The molecule has 45 nitrogen and oxygen atoms in total. The molecule has 3 saturated heterocycles. The van der Waals surface area contributed by atoms with Crippen molar-refractivity contribution >= 4 is 111 Å². The maximum Gasteiger partial charge on any atom is 0.436 e. The van der Waals surface area contributed by atoms with Crippen LogP contribution >= 0.6 is 27.3 Å². The average molecular weight is 1900 g/mol. The zero-order valence-electron chi connectivity index (χ0n) is 70.5. The lowest BCUT2D eigenvalue weighted by Crippen LogP contribution is -2.59. The Morgan fingerprint density at radius 2 is 0.659 bits per heavy atom. The third-order valence-electron chi connectivity index (χ3n) is 16.8. The number of amides is 5. The molecule has 1 aromatic rings. The van der Waals surface area contributed by atoms with Crippen LogP contribution in [-0.4, -0.2) is 339 Å². The molecular weight excluding hydrogens is 1780 g/mol. The van der Waals surface area contributed by atoms with Gasteiger partial charge in [-0.25, -0.2) is 4.57 Å². The van der Waals surface area contributed by atoms with E-state index in [1.54, 1.807) is 12.1 Å². The minimum absolute atomic E-state index is 0.0102. The van der Waals surface area contributed by atoms with Gasteiger partial charge in [-0.2, -0.15) is 0 Å². The fourth-order valence-electron chi connectivity index (χ4n) is 11.8. The Labute approximate surface area is 724 Å². The van der Waals surface area contributed by atoms with Crippen molar-refractivity contribution in [3.05, 3.63) is 29.8 Å². The van der Waals surface area contributed by atoms with Crippen LogP contribution in [0, 0.1) is 0 Å². The Bertz CT molecular complexity index is 3230. The fourth-order valence-corrected chi connectivity index (χ4v) is 12.8. The molecule has 0 saturated carbocycles. The average Bonchev–Trinajstić information content (AvgIpc) is 0.828. The summed E-state index contributed by atoms with van der Waals surface area (Å²) in [5.41, 5.74) is -0.942. The summed E-state index contributed by atoms with van der Waals surface area (Å²) in [7, 11) is 0. The third-order valence-corrected chi connectivity index (χ3v) is 17.9. The molecule has 3 aliphatic heterocycles. The van der Waals surface area contributed by atoms with E-state index in [2.05, 4.69) is 26.6 Å². The molecule has 0 radical (unpaired) electrons. The highest BCUT2D eigenvalue weighted by molar-refractivity contribution is 14.2. The molecule has 123 heavy (non-hydrogen) atoms. The van der Waals surface area contributed by atoms with Gasteiger partial charge in [0, 0.05) is 133 Å². The largest absolute Gasteiger partial charge is 0.463 e. The molecule has 0 bridgehead atoms. The second-order valence-corrected chi connectivity index (χ2v) is 32.3. The van der Waals surface area contributed by atoms with Gasteiger partial charge in [0.05, 0.1) is 154 Å². The number of ether oxygens (including phenoxy) is 23. The number of hydrogen-bond acceptors (Lipinski definition) is 39. The third kappa shape index (κ3) is 50.0. The second-order valence-electron chi connectivity index (χ2n) is 27.5. The lowest BCUT2D eigenvalue weighted by Gasteiger charge is -2.39. The monoisotopic (exact) mass is 1900 g/mol. The first-order chi connectivity index (χ1) is 58.6. The summed E-state index contributed by atoms with van der Waals surface area (Å²) < 4.78 is 146. The molecule has 3 aliphatic rings. The summed E-state index contributed by atoms with van der Waals surface area (Å²) in [5, 5.41) is 10.0. The molecule has 698 valence electrons. The number of benzene rings is 1. The standard InChI is InChI=1S/C76H117IN5O40P/c1-48(83)110-42-62-73(116-54(7)89)59(113-51(4)86)39-70(119-62)107-35-32-101-26-18-78-65(92)14-23-104-45-76(82-68(95)17-22-99-30-31-100-29-21-81-69(96)38-57-10-12-58(13-11-57)122-123(77,97)98,46-105-24-15-66(93)79-19-27-102-33-36-108-71-40-60(114-52(5)87)74(117-55(8)90)63(120-71)43-111-49(2)84)47-106-25-16-67(94)80-20-28-103-34-37-109-72-41-61(115-53(6)88)75(118-56(9)91)64(121-72)44-112-50(3)85/h10-13,59-64,70-75H,14-47H2,1-9H3,(H,78,92)(H,79,93)(H,80,94)(H,81,96)(H,82,95)(H,97,98)/t59-,60-,61-,62-,63-,64-,70-,71-,72-,73-,74-,75-/m1/s1. The first kappa shape index (κ1) is 107. The predicted molar refractivity (Wildman–Crippen MR) is 423 cm³/mol. The molecule has 13 atom stereocenters. The zero-order valence-corrected chi connectivity index (χ0v) is 73.5. The quantitative estimate of drug-likeness (QED) is 0.0162. The van der Waals surface area contributed by atoms with Crippen molar-refractivity contribution in [3.63, 3.8) is 0 Å². The highest BCUT2D eigenvalue weighted by Crippen LogP contribution is 2.51. The van der Waals surface area contributed by atoms with Crippen molar-refractivity contribution in [1.29, 1.82) is 0 Å². The van der Waals surface area contributed by atoms with Crippen molar-refractivity contribution in [2.75, 3.05) is 172 Å². The molecule has 3 fully saturated rings. The van der Waals surface area contributed by atoms with Crippen LogP contribution in [0.25, 0.3) is 0 Å². The molecule has 5 amide bonds. The van der Waals surface area contributed by atoms with Crippen LogP contribution in [-0.2, 0) is 187 Å². The van der Waals surface area contributed by atoms with Crippen LogP contribution in [0.2, 0.25) is 0 Å². The molecule has 0 aromatic heterocycles. The van der Waals surface area contributed by atoms with E-state index in [0.717, 1.165) is 20.8 Å². The van der Waals surface area contributed by atoms with Gasteiger partial charge in [-0.3, -0.25) is 67.1 Å². The van der Waals surface area contributed by atoms with E-state index in [1.165, 1.54) is 75.7 Å². The zero-order chi connectivity index (χ0) is 90.5. The van der Waals surface area contributed by atoms with Crippen molar-refractivity contribution < 1.29 is 190 Å². The molecule has 6 N–H and O–H groups in total. The highest BCUT2D eigenvalue weighted by Gasteiger charge is 2.47. The normalized spacial score (nSPS) is 21.1. The predicted octanol–water partition coefficient (Wildman–Crippen LogP) is -0.169. The lowest BCUT2D eigenvalue weighted by molar-refractivity contribution is -0.267. The number of nitrogens with one attached hydrogen (secondary N) is 5. The van der Waals surface area contributed by atoms with E-state index in [-0.39, 0.29) is 235 Å².